The van der Waals surface area contributed by atoms with E-state index in [1.807, 2.05) is 13.8 Å². The van der Waals surface area contributed by atoms with Gasteiger partial charge in [0.2, 0.25) is 0 Å². The number of benzene rings is 2. The highest BCUT2D eigenvalue weighted by Crippen LogP contribution is 2.58. The summed E-state index contributed by atoms with van der Waals surface area (Å²) in [5.41, 5.74) is 9.31. The minimum absolute atomic E-state index is 0.0830. The van der Waals surface area contributed by atoms with Crippen LogP contribution in [0.2, 0.25) is 0 Å². The summed E-state index contributed by atoms with van der Waals surface area (Å²) in [6.07, 6.45) is 0.541. The molecule has 3 aliphatic rings. The van der Waals surface area contributed by atoms with E-state index in [1.54, 1.807) is 0 Å². The van der Waals surface area contributed by atoms with Gasteiger partial charge in [0.25, 0.3) is 0 Å². The van der Waals surface area contributed by atoms with Crippen molar-refractivity contribution in [2.45, 2.75) is 72.0 Å². The standard InChI is InChI=1S/C27H30O3/c1-12-7-14(3)20(15(4)8-12)18-11-19-22-24(27(18)30-19)26(29)23(25(22)28)21-16(5)9-13(2)10-17(21)6/h7-10,18-19,22-24,27H,11H2,1-6H3/t18-,19-,22-,23?,24+,27+/m0/s1. The van der Waals surface area contributed by atoms with Crippen LogP contribution in [0.3, 0.4) is 0 Å². The van der Waals surface area contributed by atoms with Crippen LogP contribution in [0.1, 0.15) is 62.8 Å². The van der Waals surface area contributed by atoms with Gasteiger partial charge < -0.3 is 4.74 Å². The first-order valence-electron chi connectivity index (χ1n) is 11.1. The molecular formula is C27H30O3. The summed E-state index contributed by atoms with van der Waals surface area (Å²) < 4.78 is 6.31. The summed E-state index contributed by atoms with van der Waals surface area (Å²) in [4.78, 5) is 27.2. The Kier molecular flexibility index (Phi) is 4.34. The lowest BCUT2D eigenvalue weighted by molar-refractivity contribution is -0.127. The summed E-state index contributed by atoms with van der Waals surface area (Å²) in [5, 5.41) is 0. The van der Waals surface area contributed by atoms with Crippen molar-refractivity contribution in [2.24, 2.45) is 11.8 Å². The molecule has 3 nitrogen and oxygen atoms in total. The first kappa shape index (κ1) is 19.7. The third-order valence-corrected chi connectivity index (χ3v) is 7.72. The number of ketones is 2. The van der Waals surface area contributed by atoms with Gasteiger partial charge in [0.1, 0.15) is 5.92 Å². The molecular weight excluding hydrogens is 372 g/mol. The summed E-state index contributed by atoms with van der Waals surface area (Å²) in [5.74, 6) is -0.814. The maximum absolute atomic E-state index is 13.7. The van der Waals surface area contributed by atoms with E-state index in [0.29, 0.717) is 0 Å². The summed E-state index contributed by atoms with van der Waals surface area (Å²) in [7, 11) is 0. The average molecular weight is 403 g/mol. The monoisotopic (exact) mass is 402 g/mol. The van der Waals surface area contributed by atoms with Crippen molar-refractivity contribution >= 4 is 11.6 Å². The van der Waals surface area contributed by atoms with Gasteiger partial charge in [0, 0.05) is 5.92 Å². The molecule has 2 saturated heterocycles. The predicted octanol–water partition coefficient (Wildman–Crippen LogP) is 4.96. The second kappa shape index (κ2) is 6.62. The number of hydrogen-bond donors (Lipinski definition) is 0. The maximum Gasteiger partial charge on any atom is 0.154 e. The smallest absolute Gasteiger partial charge is 0.154 e. The molecule has 1 saturated carbocycles. The maximum atomic E-state index is 13.7. The number of fused-ring (bicyclic) bond motifs is 5. The van der Waals surface area contributed by atoms with Gasteiger partial charge >= 0.3 is 0 Å². The third kappa shape index (κ3) is 2.61. The highest BCUT2D eigenvalue weighted by atomic mass is 16.5. The summed E-state index contributed by atoms with van der Waals surface area (Å²) in [6.45, 7) is 12.5. The number of rotatable bonds is 2. The van der Waals surface area contributed by atoms with Gasteiger partial charge in [0.05, 0.1) is 24.0 Å². The van der Waals surface area contributed by atoms with Crippen molar-refractivity contribution < 1.29 is 14.3 Å². The van der Waals surface area contributed by atoms with Crippen LogP contribution in [0.25, 0.3) is 0 Å². The fraction of sp³-hybridized carbons (Fsp3) is 0.481. The van der Waals surface area contributed by atoms with E-state index in [9.17, 15) is 9.59 Å². The Morgan fingerprint density at radius 3 is 1.70 bits per heavy atom. The first-order valence-corrected chi connectivity index (χ1v) is 11.1. The van der Waals surface area contributed by atoms with Crippen LogP contribution in [0.15, 0.2) is 24.3 Å². The molecule has 3 heteroatoms. The molecule has 2 aromatic carbocycles. The van der Waals surface area contributed by atoms with Crippen LogP contribution in [0, 0.1) is 53.4 Å². The molecule has 0 aromatic heterocycles. The minimum atomic E-state index is -0.617. The Labute approximate surface area is 178 Å². The average Bonchev–Trinajstić information content (AvgIpc) is 3.27. The van der Waals surface area contributed by atoms with Crippen molar-refractivity contribution in [2.75, 3.05) is 0 Å². The van der Waals surface area contributed by atoms with Crippen LogP contribution in [0.4, 0.5) is 0 Å². The van der Waals surface area contributed by atoms with E-state index >= 15 is 0 Å². The predicted molar refractivity (Wildman–Crippen MR) is 117 cm³/mol. The molecule has 0 spiro atoms. The molecule has 2 aromatic rings. The number of aryl methyl sites for hydroxylation is 6. The van der Waals surface area contributed by atoms with Crippen LogP contribution >= 0.6 is 0 Å². The molecule has 2 heterocycles. The molecule has 1 aliphatic carbocycles. The topological polar surface area (TPSA) is 43.4 Å². The SMILES string of the molecule is Cc1cc(C)c(C2C(=O)[C@@H]3[C@@H]4O[C@@H](C[C@H]4c4c(C)cc(C)cc4C)[C@@H]3C2=O)c(C)c1. The molecule has 1 unspecified atom stereocenters. The summed E-state index contributed by atoms with van der Waals surface area (Å²) in [6, 6.07) is 8.61. The van der Waals surface area contributed by atoms with Gasteiger partial charge in [-0.25, -0.2) is 0 Å². The van der Waals surface area contributed by atoms with E-state index in [1.165, 1.54) is 27.8 Å². The highest BCUT2D eigenvalue weighted by Gasteiger charge is 2.66. The Morgan fingerprint density at radius 1 is 0.700 bits per heavy atom. The zero-order valence-corrected chi connectivity index (χ0v) is 18.7. The van der Waals surface area contributed by atoms with Crippen LogP contribution in [-0.2, 0) is 14.3 Å². The fourth-order valence-corrected chi connectivity index (χ4v) is 6.95. The normalized spacial score (nSPS) is 32.2. The molecule has 0 N–H and O–H groups in total. The van der Waals surface area contributed by atoms with Crippen molar-refractivity contribution in [3.8, 4) is 0 Å². The van der Waals surface area contributed by atoms with E-state index in [2.05, 4.69) is 52.0 Å². The number of ether oxygens (including phenoxy) is 1. The molecule has 3 fully saturated rings. The van der Waals surface area contributed by atoms with Crippen molar-refractivity contribution in [3.63, 3.8) is 0 Å². The van der Waals surface area contributed by atoms with Crippen LogP contribution in [-0.4, -0.2) is 23.8 Å². The van der Waals surface area contributed by atoms with E-state index < -0.39 is 5.92 Å². The molecule has 6 atom stereocenters. The lowest BCUT2D eigenvalue weighted by Crippen LogP contribution is -2.34. The fourth-order valence-electron chi connectivity index (χ4n) is 6.95. The van der Waals surface area contributed by atoms with Gasteiger partial charge in [-0.3, -0.25) is 9.59 Å². The Hall–Kier alpha value is -2.26. The third-order valence-electron chi connectivity index (χ3n) is 7.72. The van der Waals surface area contributed by atoms with Crippen molar-refractivity contribution in [3.05, 3.63) is 68.8 Å². The Balaban J connectivity index is 1.54. The zero-order chi connectivity index (χ0) is 21.5. The Bertz CT molecular complexity index is 1050. The van der Waals surface area contributed by atoms with Crippen LogP contribution in [0.5, 0.6) is 0 Å². The molecule has 2 bridgehead atoms. The van der Waals surface area contributed by atoms with Crippen LogP contribution < -0.4 is 0 Å². The van der Waals surface area contributed by atoms with Gasteiger partial charge in [-0.2, -0.15) is 0 Å². The number of carbonyl (C=O) groups is 2. The zero-order valence-electron chi connectivity index (χ0n) is 18.7. The quantitative estimate of drug-likeness (QED) is 0.667. The minimum Gasteiger partial charge on any atom is -0.373 e. The largest absolute Gasteiger partial charge is 0.373 e. The molecule has 0 amide bonds. The van der Waals surface area contributed by atoms with Gasteiger partial charge in [-0.1, -0.05) is 35.4 Å². The Morgan fingerprint density at radius 2 is 1.17 bits per heavy atom. The second-order valence-corrected chi connectivity index (χ2v) is 9.90. The number of hydrogen-bond acceptors (Lipinski definition) is 3. The number of Topliss-reactive ketones (excluding diaryl/α,β-unsaturated/α-hetero) is 2. The van der Waals surface area contributed by atoms with E-state index in [4.69, 9.17) is 4.74 Å². The molecule has 0 radical (unpaired) electrons. The molecule has 156 valence electrons. The van der Waals surface area contributed by atoms with Gasteiger partial charge in [-0.15, -0.1) is 0 Å². The van der Waals surface area contributed by atoms with E-state index in [0.717, 1.165) is 23.1 Å². The highest BCUT2D eigenvalue weighted by molar-refractivity contribution is 6.17. The lowest BCUT2D eigenvalue weighted by Gasteiger charge is -2.29. The molecule has 2 aliphatic heterocycles. The second-order valence-electron chi connectivity index (χ2n) is 9.90. The molecule has 30 heavy (non-hydrogen) atoms. The first-order chi connectivity index (χ1) is 14.2. The van der Waals surface area contributed by atoms with Gasteiger partial charge in [0.15, 0.2) is 11.6 Å². The van der Waals surface area contributed by atoms with Crippen molar-refractivity contribution in [1.82, 2.24) is 0 Å². The molecule has 5 rings (SSSR count). The van der Waals surface area contributed by atoms with E-state index in [-0.39, 0.29) is 41.5 Å². The van der Waals surface area contributed by atoms with Gasteiger partial charge in [-0.05, 0) is 81.3 Å². The summed E-state index contributed by atoms with van der Waals surface area (Å²) >= 11 is 0. The lowest BCUT2D eigenvalue weighted by atomic mass is 9.71. The number of carbonyl (C=O) groups excluding carboxylic acids is 2. The van der Waals surface area contributed by atoms with Crippen molar-refractivity contribution in [1.29, 1.82) is 0 Å².